The quantitative estimate of drug-likeness (QED) is 0.122. The first kappa shape index (κ1) is 25.9. The molecule has 0 saturated heterocycles. The van der Waals surface area contributed by atoms with Crippen LogP contribution >= 0.6 is 75.3 Å². The van der Waals surface area contributed by atoms with Crippen molar-refractivity contribution in [3.63, 3.8) is 0 Å². The number of hydrogen-bond acceptors (Lipinski definition) is 5. The van der Waals surface area contributed by atoms with Gasteiger partial charge in [0.05, 0.1) is 25.7 Å². The third-order valence-corrected chi connectivity index (χ3v) is 6.43. The minimum atomic E-state index is -0.611. The molecule has 0 aromatic heterocycles. The van der Waals surface area contributed by atoms with E-state index in [1.165, 1.54) is 6.21 Å². The third kappa shape index (κ3) is 7.38. The minimum absolute atomic E-state index is 0.237. The highest BCUT2D eigenvalue weighted by Crippen LogP contribution is 2.36. The predicted octanol–water partition coefficient (Wildman–Crippen LogP) is 7.14. The summed E-state index contributed by atoms with van der Waals surface area (Å²) in [6, 6.07) is 15.2. The van der Waals surface area contributed by atoms with Crippen LogP contribution in [0.25, 0.3) is 0 Å². The van der Waals surface area contributed by atoms with E-state index in [0.717, 1.165) is 8.95 Å². The van der Waals surface area contributed by atoms with E-state index < -0.39 is 11.9 Å². The maximum absolute atomic E-state index is 12.5. The highest BCUT2D eigenvalue weighted by molar-refractivity contribution is 9.11. The van der Waals surface area contributed by atoms with Crippen LogP contribution in [0.3, 0.4) is 0 Å². The molecule has 3 rings (SSSR count). The van der Waals surface area contributed by atoms with E-state index in [0.29, 0.717) is 20.3 Å². The van der Waals surface area contributed by atoms with Crippen LogP contribution < -0.4 is 14.9 Å². The molecule has 0 unspecified atom stereocenters. The molecule has 0 aliphatic heterocycles. The van der Waals surface area contributed by atoms with Gasteiger partial charge in [-0.1, -0.05) is 55.6 Å². The molecule has 0 bridgehead atoms. The molecule has 33 heavy (non-hydrogen) atoms. The molecule has 0 spiro atoms. The van der Waals surface area contributed by atoms with Crippen LogP contribution in [0.1, 0.15) is 15.9 Å². The lowest BCUT2D eigenvalue weighted by molar-refractivity contribution is -0.123. The molecule has 0 saturated carbocycles. The number of halogens is 5. The van der Waals surface area contributed by atoms with Crippen molar-refractivity contribution in [2.45, 2.75) is 0 Å². The molecule has 0 aliphatic rings. The van der Waals surface area contributed by atoms with E-state index in [1.54, 1.807) is 54.6 Å². The van der Waals surface area contributed by atoms with Gasteiger partial charge in [0.15, 0.2) is 6.61 Å². The SMILES string of the molecule is O=C(COc1c(Br)cc(Br)cc1Br)NN=Cc1cc(Br)ccc1OC(=O)c1ccccc1Cl. The number of carbonyl (C=O) groups is 2. The zero-order chi connectivity index (χ0) is 24.0. The summed E-state index contributed by atoms with van der Waals surface area (Å²) in [5.74, 6) is -0.351. The Kier molecular flexibility index (Phi) is 9.51. The maximum Gasteiger partial charge on any atom is 0.345 e. The van der Waals surface area contributed by atoms with Crippen LogP contribution in [-0.2, 0) is 4.79 Å². The van der Waals surface area contributed by atoms with Gasteiger partial charge in [0.25, 0.3) is 5.91 Å². The number of carbonyl (C=O) groups excluding carboxylic acids is 2. The second-order valence-electron chi connectivity index (χ2n) is 6.33. The van der Waals surface area contributed by atoms with Crippen LogP contribution in [0.2, 0.25) is 5.02 Å². The van der Waals surface area contributed by atoms with Gasteiger partial charge in [0.2, 0.25) is 0 Å². The molecule has 0 heterocycles. The Morgan fingerprint density at radius 1 is 0.970 bits per heavy atom. The summed E-state index contributed by atoms with van der Waals surface area (Å²) in [6.45, 7) is -0.261. The monoisotopic (exact) mass is 720 g/mol. The molecule has 170 valence electrons. The highest BCUT2D eigenvalue weighted by atomic mass is 79.9. The summed E-state index contributed by atoms with van der Waals surface area (Å²) in [4.78, 5) is 24.6. The molecule has 1 amide bonds. The fourth-order valence-corrected chi connectivity index (χ4v) is 5.58. The van der Waals surface area contributed by atoms with Crippen molar-refractivity contribution in [2.24, 2.45) is 5.10 Å². The minimum Gasteiger partial charge on any atom is -0.481 e. The van der Waals surface area contributed by atoms with E-state index >= 15 is 0 Å². The normalized spacial score (nSPS) is 10.8. The van der Waals surface area contributed by atoms with Gasteiger partial charge in [-0.05, 0) is 74.3 Å². The van der Waals surface area contributed by atoms with E-state index in [9.17, 15) is 9.59 Å². The van der Waals surface area contributed by atoms with Crippen molar-refractivity contribution in [2.75, 3.05) is 6.61 Å². The fourth-order valence-electron chi connectivity index (χ4n) is 2.51. The first-order valence-electron chi connectivity index (χ1n) is 9.10. The standard InChI is InChI=1S/C22H13Br4ClN2O4/c23-13-5-6-19(33-22(31)15-3-1-2-4-18(15)27)12(7-13)10-28-29-20(30)11-32-21-16(25)8-14(24)9-17(21)26/h1-10H,11H2,(H,29,30). The lowest BCUT2D eigenvalue weighted by Gasteiger charge is -2.10. The molecule has 6 nitrogen and oxygen atoms in total. The number of rotatable bonds is 7. The molecule has 11 heteroatoms. The highest BCUT2D eigenvalue weighted by Gasteiger charge is 2.15. The fraction of sp³-hybridized carbons (Fsp3) is 0.0455. The van der Waals surface area contributed by atoms with E-state index in [2.05, 4.69) is 74.2 Å². The van der Waals surface area contributed by atoms with E-state index in [-0.39, 0.29) is 22.9 Å². The number of nitrogens with zero attached hydrogens (tertiary/aromatic N) is 1. The van der Waals surface area contributed by atoms with Crippen molar-refractivity contribution in [3.8, 4) is 11.5 Å². The van der Waals surface area contributed by atoms with Gasteiger partial charge in [0, 0.05) is 14.5 Å². The summed E-state index contributed by atoms with van der Waals surface area (Å²) < 4.78 is 14.0. The van der Waals surface area contributed by atoms with Crippen molar-refractivity contribution in [1.82, 2.24) is 5.43 Å². The van der Waals surface area contributed by atoms with Gasteiger partial charge in [-0.3, -0.25) is 4.79 Å². The van der Waals surface area contributed by atoms with Crippen LogP contribution in [-0.4, -0.2) is 24.7 Å². The molecule has 0 aliphatic carbocycles. The average molecular weight is 724 g/mol. The first-order valence-corrected chi connectivity index (χ1v) is 12.6. The molecular weight excluding hydrogens is 711 g/mol. The van der Waals surface area contributed by atoms with Crippen LogP contribution in [0, 0.1) is 0 Å². The second-order valence-corrected chi connectivity index (χ2v) is 10.3. The predicted molar refractivity (Wildman–Crippen MR) is 141 cm³/mol. The van der Waals surface area contributed by atoms with Gasteiger partial charge in [-0.15, -0.1) is 0 Å². The number of nitrogens with one attached hydrogen (secondary N) is 1. The molecular formula is C22H13Br4ClN2O4. The van der Waals surface area contributed by atoms with Gasteiger partial charge in [-0.25, -0.2) is 10.2 Å². The Morgan fingerprint density at radius 3 is 2.36 bits per heavy atom. The number of hydrazone groups is 1. The third-order valence-electron chi connectivity index (χ3n) is 3.97. The summed E-state index contributed by atoms with van der Waals surface area (Å²) in [7, 11) is 0. The molecule has 0 atom stereocenters. The van der Waals surface area contributed by atoms with Crippen molar-refractivity contribution in [3.05, 3.63) is 88.6 Å². The topological polar surface area (TPSA) is 77.0 Å². The van der Waals surface area contributed by atoms with Crippen LogP contribution in [0.5, 0.6) is 11.5 Å². The number of esters is 1. The van der Waals surface area contributed by atoms with Gasteiger partial charge in [0.1, 0.15) is 11.5 Å². The Bertz CT molecular complexity index is 1210. The molecule has 0 radical (unpaired) electrons. The smallest absolute Gasteiger partial charge is 0.345 e. The average Bonchev–Trinajstić information content (AvgIpc) is 2.75. The summed E-state index contributed by atoms with van der Waals surface area (Å²) in [6.07, 6.45) is 1.36. The number of hydrogen-bond donors (Lipinski definition) is 1. The second kappa shape index (κ2) is 12.1. The number of benzene rings is 3. The van der Waals surface area contributed by atoms with Gasteiger partial charge in [-0.2, -0.15) is 5.10 Å². The first-order chi connectivity index (χ1) is 15.7. The van der Waals surface area contributed by atoms with E-state index in [1.807, 2.05) is 0 Å². The molecule has 3 aromatic carbocycles. The Hall–Kier alpha value is -1.72. The van der Waals surface area contributed by atoms with Crippen molar-refractivity contribution in [1.29, 1.82) is 0 Å². The Balaban J connectivity index is 1.65. The van der Waals surface area contributed by atoms with Crippen molar-refractivity contribution < 1.29 is 19.1 Å². The Morgan fingerprint density at radius 2 is 1.67 bits per heavy atom. The van der Waals surface area contributed by atoms with Crippen LogP contribution in [0.15, 0.2) is 77.6 Å². The number of ether oxygens (including phenoxy) is 2. The lowest BCUT2D eigenvalue weighted by atomic mass is 10.2. The van der Waals surface area contributed by atoms with Gasteiger partial charge >= 0.3 is 5.97 Å². The molecule has 0 fully saturated rings. The van der Waals surface area contributed by atoms with Crippen molar-refractivity contribution >= 4 is 93.4 Å². The Labute approximate surface area is 228 Å². The van der Waals surface area contributed by atoms with E-state index in [4.69, 9.17) is 21.1 Å². The lowest BCUT2D eigenvalue weighted by Crippen LogP contribution is -2.24. The molecule has 3 aromatic rings. The zero-order valence-electron chi connectivity index (χ0n) is 16.5. The summed E-state index contributed by atoms with van der Waals surface area (Å²) in [5.41, 5.74) is 3.08. The zero-order valence-corrected chi connectivity index (χ0v) is 23.6. The van der Waals surface area contributed by atoms with Crippen LogP contribution in [0.4, 0.5) is 0 Å². The summed E-state index contributed by atoms with van der Waals surface area (Å²) >= 11 is 19.6. The largest absolute Gasteiger partial charge is 0.481 e. The maximum atomic E-state index is 12.5. The number of amides is 1. The molecule has 1 N–H and O–H groups in total. The summed E-state index contributed by atoms with van der Waals surface area (Å²) in [5, 5.41) is 4.22. The van der Waals surface area contributed by atoms with Gasteiger partial charge < -0.3 is 9.47 Å².